The Morgan fingerprint density at radius 2 is 2.00 bits per heavy atom. The number of aromatic nitrogens is 2. The molecule has 0 saturated heterocycles. The molecule has 0 amide bonds. The zero-order valence-electron chi connectivity index (χ0n) is 11.1. The second-order valence-electron chi connectivity index (χ2n) is 4.49. The highest BCUT2D eigenvalue weighted by Gasteiger charge is 2.14. The number of carboxylic acids is 1. The first-order valence-electron chi connectivity index (χ1n) is 5.92. The third-order valence-corrected chi connectivity index (χ3v) is 2.72. The topological polar surface area (TPSA) is 78.4 Å². The van der Waals surface area contributed by atoms with Crippen molar-refractivity contribution in [2.24, 2.45) is 0 Å². The molecule has 0 spiro atoms. The molecule has 1 aromatic carbocycles. The van der Waals surface area contributed by atoms with Crippen molar-refractivity contribution in [2.75, 3.05) is 24.3 Å². The highest BCUT2D eigenvalue weighted by atomic mass is 16.4. The lowest BCUT2D eigenvalue weighted by Gasteiger charge is -2.16. The number of anilines is 2. The average molecular weight is 260 g/mol. The summed E-state index contributed by atoms with van der Waals surface area (Å²) in [6.07, 6.45) is 0. The van der Waals surface area contributed by atoms with E-state index in [0.29, 0.717) is 5.95 Å². The van der Waals surface area contributed by atoms with E-state index in [1.807, 2.05) is 43.3 Å². The molecule has 1 unspecified atom stereocenters. The Bertz CT molecular complexity index is 613. The van der Waals surface area contributed by atoms with Crippen LogP contribution < -0.4 is 10.2 Å². The minimum Gasteiger partial charge on any atom is -0.480 e. The molecule has 0 fully saturated rings. The molecular weight excluding hydrogens is 244 g/mol. The van der Waals surface area contributed by atoms with Crippen molar-refractivity contribution in [3.8, 4) is 0 Å². The van der Waals surface area contributed by atoms with E-state index in [9.17, 15) is 4.79 Å². The van der Waals surface area contributed by atoms with E-state index in [2.05, 4.69) is 15.3 Å². The summed E-state index contributed by atoms with van der Waals surface area (Å²) in [5.74, 6) is 0.131. The minimum absolute atomic E-state index is 0.317. The van der Waals surface area contributed by atoms with Gasteiger partial charge in [0.25, 0.3) is 0 Å². The molecule has 2 aromatic rings. The molecule has 1 aromatic heterocycles. The summed E-state index contributed by atoms with van der Waals surface area (Å²) < 4.78 is 0. The standard InChI is InChI=1S/C13H16N4O2/c1-8(12(18)19)14-13-15-10-7-5-4-6-9(10)11(16-13)17(2)3/h4-8H,1-3H3,(H,18,19)(H,14,15,16). The maximum Gasteiger partial charge on any atom is 0.325 e. The Hall–Kier alpha value is -2.37. The highest BCUT2D eigenvalue weighted by molar-refractivity contribution is 5.90. The summed E-state index contributed by atoms with van der Waals surface area (Å²) in [5.41, 5.74) is 0.779. The maximum atomic E-state index is 10.9. The van der Waals surface area contributed by atoms with Gasteiger partial charge in [0.1, 0.15) is 11.9 Å². The number of hydrogen-bond donors (Lipinski definition) is 2. The second kappa shape index (κ2) is 5.09. The number of hydrogen-bond acceptors (Lipinski definition) is 5. The number of para-hydroxylation sites is 1. The molecule has 19 heavy (non-hydrogen) atoms. The third-order valence-electron chi connectivity index (χ3n) is 2.72. The SMILES string of the molecule is CC(Nc1nc(N(C)C)c2ccccc2n1)C(=O)O. The van der Waals surface area contributed by atoms with Gasteiger partial charge in [0.05, 0.1) is 5.52 Å². The molecule has 0 aliphatic rings. The molecule has 100 valence electrons. The van der Waals surface area contributed by atoms with Crippen molar-refractivity contribution >= 4 is 28.6 Å². The maximum absolute atomic E-state index is 10.9. The summed E-state index contributed by atoms with van der Waals surface area (Å²) >= 11 is 0. The van der Waals surface area contributed by atoms with Crippen molar-refractivity contribution in [1.29, 1.82) is 0 Å². The summed E-state index contributed by atoms with van der Waals surface area (Å²) in [6.45, 7) is 1.55. The molecule has 1 atom stereocenters. The molecule has 2 rings (SSSR count). The van der Waals surface area contributed by atoms with Crippen LogP contribution in [0.3, 0.4) is 0 Å². The largest absolute Gasteiger partial charge is 0.480 e. The van der Waals surface area contributed by atoms with Crippen molar-refractivity contribution in [3.05, 3.63) is 24.3 Å². The lowest BCUT2D eigenvalue weighted by Crippen LogP contribution is -2.27. The van der Waals surface area contributed by atoms with E-state index < -0.39 is 12.0 Å². The Kier molecular flexibility index (Phi) is 3.50. The van der Waals surface area contributed by atoms with E-state index in [0.717, 1.165) is 16.7 Å². The molecule has 0 radical (unpaired) electrons. The molecule has 0 aliphatic carbocycles. The van der Waals surface area contributed by atoms with Gasteiger partial charge >= 0.3 is 5.97 Å². The Morgan fingerprint density at radius 1 is 1.32 bits per heavy atom. The monoisotopic (exact) mass is 260 g/mol. The van der Waals surface area contributed by atoms with E-state index in [1.165, 1.54) is 0 Å². The lowest BCUT2D eigenvalue weighted by atomic mass is 10.2. The van der Waals surface area contributed by atoms with Crippen LogP contribution in [0.2, 0.25) is 0 Å². The second-order valence-corrected chi connectivity index (χ2v) is 4.49. The zero-order valence-corrected chi connectivity index (χ0v) is 11.1. The van der Waals surface area contributed by atoms with E-state index in [4.69, 9.17) is 5.11 Å². The van der Waals surface area contributed by atoms with Crippen molar-refractivity contribution < 1.29 is 9.90 Å². The Morgan fingerprint density at radius 3 is 2.63 bits per heavy atom. The molecule has 1 heterocycles. The van der Waals surface area contributed by atoms with E-state index in [1.54, 1.807) is 6.92 Å². The van der Waals surface area contributed by atoms with Gasteiger partial charge in [-0.2, -0.15) is 4.98 Å². The van der Waals surface area contributed by atoms with Gasteiger partial charge in [-0.25, -0.2) is 4.98 Å². The van der Waals surface area contributed by atoms with Crippen LogP contribution in [-0.4, -0.2) is 41.2 Å². The molecule has 6 nitrogen and oxygen atoms in total. The van der Waals surface area contributed by atoms with Crippen LogP contribution in [0.5, 0.6) is 0 Å². The number of carbonyl (C=O) groups is 1. The van der Waals surface area contributed by atoms with Gasteiger partial charge in [-0.15, -0.1) is 0 Å². The minimum atomic E-state index is -0.942. The third kappa shape index (κ3) is 2.73. The predicted molar refractivity (Wildman–Crippen MR) is 74.6 cm³/mol. The number of rotatable bonds is 4. The van der Waals surface area contributed by atoms with Gasteiger partial charge in [0, 0.05) is 19.5 Å². The first-order valence-corrected chi connectivity index (χ1v) is 5.92. The fourth-order valence-corrected chi connectivity index (χ4v) is 1.72. The number of nitrogens with zero attached hydrogens (tertiary/aromatic N) is 3. The van der Waals surface area contributed by atoms with Crippen LogP contribution in [-0.2, 0) is 4.79 Å². The van der Waals surface area contributed by atoms with Crippen LogP contribution in [0.25, 0.3) is 10.9 Å². The zero-order chi connectivity index (χ0) is 14.0. The van der Waals surface area contributed by atoms with Crippen LogP contribution in [0.1, 0.15) is 6.92 Å². The van der Waals surface area contributed by atoms with Crippen molar-refractivity contribution in [2.45, 2.75) is 13.0 Å². The predicted octanol–water partition coefficient (Wildman–Crippen LogP) is 1.58. The van der Waals surface area contributed by atoms with Gasteiger partial charge in [0.15, 0.2) is 0 Å². The Labute approximate surface area is 111 Å². The average Bonchev–Trinajstić information content (AvgIpc) is 2.37. The van der Waals surface area contributed by atoms with Gasteiger partial charge in [-0.05, 0) is 19.1 Å². The van der Waals surface area contributed by atoms with E-state index >= 15 is 0 Å². The molecular formula is C13H16N4O2. The number of aliphatic carboxylic acids is 1. The molecule has 0 aliphatic heterocycles. The van der Waals surface area contributed by atoms with Crippen LogP contribution in [0.4, 0.5) is 11.8 Å². The summed E-state index contributed by atoms with van der Waals surface area (Å²) in [6, 6.07) is 6.89. The van der Waals surface area contributed by atoms with Crippen molar-refractivity contribution in [1.82, 2.24) is 9.97 Å². The van der Waals surface area contributed by atoms with Crippen LogP contribution >= 0.6 is 0 Å². The molecule has 6 heteroatoms. The normalized spacial score (nSPS) is 12.2. The number of fused-ring (bicyclic) bond motifs is 1. The first kappa shape index (κ1) is 13.1. The van der Waals surface area contributed by atoms with Gasteiger partial charge in [-0.1, -0.05) is 12.1 Å². The summed E-state index contributed by atoms with van der Waals surface area (Å²) in [7, 11) is 3.78. The molecule has 0 bridgehead atoms. The fraction of sp³-hybridized carbons (Fsp3) is 0.308. The first-order chi connectivity index (χ1) is 8.99. The van der Waals surface area contributed by atoms with E-state index in [-0.39, 0.29) is 0 Å². The quantitative estimate of drug-likeness (QED) is 0.869. The molecule has 0 saturated carbocycles. The van der Waals surface area contributed by atoms with Crippen LogP contribution in [0.15, 0.2) is 24.3 Å². The van der Waals surface area contributed by atoms with Gasteiger partial charge in [-0.3, -0.25) is 4.79 Å². The van der Waals surface area contributed by atoms with Gasteiger partial charge < -0.3 is 15.3 Å². The fourth-order valence-electron chi connectivity index (χ4n) is 1.72. The van der Waals surface area contributed by atoms with Crippen LogP contribution in [0, 0.1) is 0 Å². The molecule has 2 N–H and O–H groups in total. The highest BCUT2D eigenvalue weighted by Crippen LogP contribution is 2.23. The lowest BCUT2D eigenvalue weighted by molar-refractivity contribution is -0.137. The number of benzene rings is 1. The smallest absolute Gasteiger partial charge is 0.325 e. The summed E-state index contributed by atoms with van der Waals surface area (Å²) in [4.78, 5) is 21.4. The van der Waals surface area contributed by atoms with Crippen molar-refractivity contribution in [3.63, 3.8) is 0 Å². The summed E-state index contributed by atoms with van der Waals surface area (Å²) in [5, 5.41) is 12.6. The van der Waals surface area contributed by atoms with Gasteiger partial charge in [0.2, 0.25) is 5.95 Å². The number of nitrogens with one attached hydrogen (secondary N) is 1. The number of carboxylic acid groups (broad SMARTS) is 1. The Balaban J connectivity index is 2.49.